The highest BCUT2D eigenvalue weighted by Gasteiger charge is 2.36. The predicted molar refractivity (Wildman–Crippen MR) is 91.4 cm³/mol. The summed E-state index contributed by atoms with van der Waals surface area (Å²) in [5, 5.41) is 0. The van der Waals surface area contributed by atoms with E-state index in [4.69, 9.17) is 0 Å². The maximum atomic E-state index is 13.1. The van der Waals surface area contributed by atoms with E-state index in [1.807, 2.05) is 12.3 Å². The molecular formula is C18H23N5O. The number of amides is 1. The minimum atomic E-state index is 0.0521. The first-order valence-corrected chi connectivity index (χ1v) is 8.77. The van der Waals surface area contributed by atoms with Gasteiger partial charge in [0.1, 0.15) is 5.82 Å². The van der Waals surface area contributed by atoms with Crippen molar-refractivity contribution in [3.63, 3.8) is 0 Å². The van der Waals surface area contributed by atoms with Crippen LogP contribution in [0.5, 0.6) is 0 Å². The molecule has 0 radical (unpaired) electrons. The Bertz CT molecular complexity index is 672. The molecule has 0 bridgehead atoms. The van der Waals surface area contributed by atoms with Crippen LogP contribution in [0.15, 0.2) is 36.9 Å². The van der Waals surface area contributed by atoms with Gasteiger partial charge in [-0.05, 0) is 37.8 Å². The molecule has 1 N–H and O–H groups in total. The van der Waals surface area contributed by atoms with E-state index in [0.29, 0.717) is 5.91 Å². The molecule has 2 saturated heterocycles. The van der Waals surface area contributed by atoms with Crippen molar-refractivity contribution in [3.05, 3.63) is 42.6 Å². The van der Waals surface area contributed by atoms with Gasteiger partial charge in [-0.15, -0.1) is 0 Å². The van der Waals surface area contributed by atoms with Crippen LogP contribution >= 0.6 is 0 Å². The second-order valence-corrected chi connectivity index (χ2v) is 6.66. The molecule has 0 saturated carbocycles. The van der Waals surface area contributed by atoms with Crippen molar-refractivity contribution in [3.8, 4) is 0 Å². The van der Waals surface area contributed by atoms with Crippen LogP contribution in [0.3, 0.4) is 0 Å². The molecule has 4 rings (SSSR count). The number of aromatic amines is 1. The summed E-state index contributed by atoms with van der Waals surface area (Å²) < 4.78 is 0. The average Bonchev–Trinajstić information content (AvgIpc) is 3.33. The lowest BCUT2D eigenvalue weighted by Gasteiger charge is -2.35. The lowest BCUT2D eigenvalue weighted by molar-refractivity contribution is -0.136. The van der Waals surface area contributed by atoms with Gasteiger partial charge in [-0.3, -0.25) is 9.78 Å². The molecule has 2 aliphatic heterocycles. The maximum absolute atomic E-state index is 13.1. The molecule has 0 aliphatic carbocycles. The second-order valence-electron chi connectivity index (χ2n) is 6.66. The highest BCUT2D eigenvalue weighted by atomic mass is 16.2. The first-order chi connectivity index (χ1) is 11.8. The van der Waals surface area contributed by atoms with Gasteiger partial charge >= 0.3 is 0 Å². The van der Waals surface area contributed by atoms with Gasteiger partial charge in [0.15, 0.2) is 0 Å². The number of aromatic nitrogens is 3. The molecule has 2 aromatic heterocycles. The molecule has 2 fully saturated rings. The van der Waals surface area contributed by atoms with Crippen LogP contribution < -0.4 is 4.90 Å². The quantitative estimate of drug-likeness (QED) is 0.941. The van der Waals surface area contributed by atoms with Gasteiger partial charge in [0.2, 0.25) is 5.91 Å². The number of likely N-dealkylation sites (tertiary alicyclic amines) is 1. The molecule has 4 heterocycles. The fraction of sp³-hybridized carbons (Fsp3) is 0.500. The van der Waals surface area contributed by atoms with E-state index < -0.39 is 0 Å². The van der Waals surface area contributed by atoms with E-state index in [1.165, 1.54) is 0 Å². The summed E-state index contributed by atoms with van der Waals surface area (Å²) in [6, 6.07) is 4.30. The van der Waals surface area contributed by atoms with Gasteiger partial charge in [-0.2, -0.15) is 0 Å². The molecule has 24 heavy (non-hydrogen) atoms. The van der Waals surface area contributed by atoms with Crippen LogP contribution in [0.25, 0.3) is 0 Å². The van der Waals surface area contributed by atoms with Gasteiger partial charge in [-0.1, -0.05) is 0 Å². The molecule has 6 nitrogen and oxygen atoms in total. The molecule has 6 heteroatoms. The van der Waals surface area contributed by atoms with Gasteiger partial charge < -0.3 is 14.8 Å². The molecule has 2 aliphatic rings. The number of piperidine rings is 1. The molecular weight excluding hydrogens is 302 g/mol. The fourth-order valence-corrected chi connectivity index (χ4v) is 3.98. The summed E-state index contributed by atoms with van der Waals surface area (Å²) >= 11 is 0. The van der Waals surface area contributed by atoms with Crippen molar-refractivity contribution in [2.24, 2.45) is 5.92 Å². The van der Waals surface area contributed by atoms with Crippen LogP contribution in [0.2, 0.25) is 0 Å². The van der Waals surface area contributed by atoms with Crippen molar-refractivity contribution < 1.29 is 4.79 Å². The second kappa shape index (κ2) is 6.63. The summed E-state index contributed by atoms with van der Waals surface area (Å²) in [5.74, 6) is 1.22. The number of anilines is 1. The van der Waals surface area contributed by atoms with Crippen molar-refractivity contribution in [1.82, 2.24) is 19.9 Å². The zero-order valence-electron chi connectivity index (χ0n) is 13.8. The molecule has 2 unspecified atom stereocenters. The molecule has 0 aromatic carbocycles. The number of nitrogens with zero attached hydrogens (tertiary/aromatic N) is 4. The largest absolute Gasteiger partial charge is 0.363 e. The van der Waals surface area contributed by atoms with Crippen molar-refractivity contribution in [2.75, 3.05) is 24.5 Å². The average molecular weight is 325 g/mol. The Morgan fingerprint density at radius 1 is 1.21 bits per heavy atom. The molecule has 1 amide bonds. The number of H-pyrrole nitrogens is 1. The summed E-state index contributed by atoms with van der Waals surface area (Å²) in [7, 11) is 0. The monoisotopic (exact) mass is 325 g/mol. The van der Waals surface area contributed by atoms with E-state index >= 15 is 0 Å². The third-order valence-corrected chi connectivity index (χ3v) is 5.16. The Balaban J connectivity index is 1.47. The Morgan fingerprint density at radius 3 is 2.92 bits per heavy atom. The van der Waals surface area contributed by atoms with Gasteiger partial charge in [0, 0.05) is 43.9 Å². The minimum Gasteiger partial charge on any atom is -0.363 e. The summed E-state index contributed by atoms with van der Waals surface area (Å²) in [6.07, 6.45) is 11.2. The highest BCUT2D eigenvalue weighted by molar-refractivity contribution is 5.80. The standard InChI is InChI=1S/C18H23N5O/c24-18(23-11-3-6-16(23)15-5-1-7-20-15)14-4-2-10-22(13-14)17-12-19-8-9-21-17/h1,5,7-9,12,14,16,20H,2-4,6,10-11,13H2. The Morgan fingerprint density at radius 2 is 2.12 bits per heavy atom. The minimum absolute atomic E-state index is 0.0521. The number of nitrogens with one attached hydrogen (secondary N) is 1. The van der Waals surface area contributed by atoms with E-state index in [2.05, 4.69) is 30.8 Å². The summed E-state index contributed by atoms with van der Waals surface area (Å²) in [4.78, 5) is 29.2. The number of hydrogen-bond acceptors (Lipinski definition) is 4. The molecule has 0 spiro atoms. The van der Waals surface area contributed by atoms with Crippen molar-refractivity contribution in [2.45, 2.75) is 31.7 Å². The van der Waals surface area contributed by atoms with Crippen molar-refractivity contribution >= 4 is 11.7 Å². The van der Waals surface area contributed by atoms with Crippen LogP contribution in [-0.2, 0) is 4.79 Å². The lowest BCUT2D eigenvalue weighted by Crippen LogP contribution is -2.45. The van der Waals surface area contributed by atoms with E-state index in [1.54, 1.807) is 18.6 Å². The topological polar surface area (TPSA) is 65.1 Å². The first-order valence-electron chi connectivity index (χ1n) is 8.77. The number of hydrogen-bond donors (Lipinski definition) is 1. The highest BCUT2D eigenvalue weighted by Crippen LogP contribution is 2.33. The van der Waals surface area contributed by atoms with Crippen molar-refractivity contribution in [1.29, 1.82) is 0 Å². The van der Waals surface area contributed by atoms with Crippen LogP contribution in [0.1, 0.15) is 37.4 Å². The number of rotatable bonds is 3. The third kappa shape index (κ3) is 2.88. The maximum Gasteiger partial charge on any atom is 0.228 e. The third-order valence-electron chi connectivity index (χ3n) is 5.16. The molecule has 2 atom stereocenters. The Labute approximate surface area is 141 Å². The smallest absolute Gasteiger partial charge is 0.228 e. The van der Waals surface area contributed by atoms with Gasteiger partial charge in [0.25, 0.3) is 0 Å². The van der Waals surface area contributed by atoms with E-state index in [-0.39, 0.29) is 12.0 Å². The van der Waals surface area contributed by atoms with Gasteiger partial charge in [0.05, 0.1) is 18.2 Å². The van der Waals surface area contributed by atoms with Crippen LogP contribution in [0.4, 0.5) is 5.82 Å². The Kier molecular flexibility index (Phi) is 4.19. The zero-order valence-corrected chi connectivity index (χ0v) is 13.8. The summed E-state index contributed by atoms with van der Waals surface area (Å²) in [5.41, 5.74) is 1.16. The SMILES string of the molecule is O=C(C1CCCN(c2cnccn2)C1)N1CCCC1c1ccc[nH]1. The number of carbonyl (C=O) groups is 1. The number of carbonyl (C=O) groups excluding carboxylic acids is 1. The Hall–Kier alpha value is -2.37. The van der Waals surface area contributed by atoms with E-state index in [9.17, 15) is 4.79 Å². The van der Waals surface area contributed by atoms with E-state index in [0.717, 1.165) is 56.8 Å². The first kappa shape index (κ1) is 15.2. The fourth-order valence-electron chi connectivity index (χ4n) is 3.98. The van der Waals surface area contributed by atoms with Crippen LogP contribution in [0, 0.1) is 5.92 Å². The predicted octanol–water partition coefficient (Wildman–Crippen LogP) is 2.38. The summed E-state index contributed by atoms with van der Waals surface area (Å²) in [6.45, 7) is 2.55. The normalized spacial score (nSPS) is 24.3. The molecule has 126 valence electrons. The lowest BCUT2D eigenvalue weighted by atomic mass is 9.96. The zero-order chi connectivity index (χ0) is 16.4. The van der Waals surface area contributed by atoms with Gasteiger partial charge in [-0.25, -0.2) is 4.98 Å². The molecule has 2 aromatic rings. The van der Waals surface area contributed by atoms with Crippen LogP contribution in [-0.4, -0.2) is 45.4 Å².